The summed E-state index contributed by atoms with van der Waals surface area (Å²) >= 11 is 0. The molecule has 0 aliphatic carbocycles. The Balaban J connectivity index is 1.51. The first-order chi connectivity index (χ1) is 19.6. The molecular weight excluding hydrogens is 484 g/mol. The van der Waals surface area contributed by atoms with Gasteiger partial charge >= 0.3 is 0 Å². The Kier molecular flexibility index (Phi) is 5.94. The van der Waals surface area contributed by atoms with E-state index < -0.39 is 0 Å². The maximum absolute atomic E-state index is 4.74. The van der Waals surface area contributed by atoms with E-state index in [-0.39, 0.29) is 0 Å². The summed E-state index contributed by atoms with van der Waals surface area (Å²) in [4.78, 5) is 9.35. The highest BCUT2D eigenvalue weighted by Crippen LogP contribution is 2.39. The molecule has 0 N–H and O–H groups in total. The molecule has 0 atom stereocenters. The topological polar surface area (TPSA) is 25.8 Å². The Bertz CT molecular complexity index is 2020. The molecule has 0 fully saturated rings. The van der Waals surface area contributed by atoms with Gasteiger partial charge in [-0.05, 0) is 112 Å². The minimum atomic E-state index is 0.977. The number of aromatic nitrogens is 2. The Hall–Kier alpha value is -5.08. The minimum absolute atomic E-state index is 0.977. The Morgan fingerprint density at radius 3 is 2.00 bits per heavy atom. The fourth-order valence-corrected chi connectivity index (χ4v) is 5.72. The highest BCUT2D eigenvalue weighted by Gasteiger charge is 2.14. The molecule has 2 heterocycles. The van der Waals surface area contributed by atoms with Crippen LogP contribution in [0.5, 0.6) is 0 Å². The number of pyridine rings is 2. The van der Waals surface area contributed by atoms with Gasteiger partial charge in [-0.15, -0.1) is 0 Å². The van der Waals surface area contributed by atoms with E-state index in [4.69, 9.17) is 4.98 Å². The van der Waals surface area contributed by atoms with Crippen molar-refractivity contribution in [2.45, 2.75) is 13.8 Å². The predicted molar refractivity (Wildman–Crippen MR) is 168 cm³/mol. The van der Waals surface area contributed by atoms with Crippen LogP contribution in [0, 0.1) is 13.8 Å². The number of benzene rings is 5. The van der Waals surface area contributed by atoms with Gasteiger partial charge in [-0.25, -0.2) is 0 Å². The highest BCUT2D eigenvalue weighted by atomic mass is 14.7. The van der Waals surface area contributed by atoms with Gasteiger partial charge in [0.15, 0.2) is 0 Å². The third kappa shape index (κ3) is 4.34. The number of rotatable bonds is 4. The van der Waals surface area contributed by atoms with Gasteiger partial charge < -0.3 is 0 Å². The highest BCUT2D eigenvalue weighted by molar-refractivity contribution is 6.13. The molecule has 0 radical (unpaired) electrons. The van der Waals surface area contributed by atoms with Gasteiger partial charge in [0.05, 0.1) is 11.2 Å². The quantitative estimate of drug-likeness (QED) is 0.219. The van der Waals surface area contributed by atoms with E-state index >= 15 is 0 Å². The molecule has 40 heavy (non-hydrogen) atoms. The van der Waals surface area contributed by atoms with E-state index in [0.29, 0.717) is 0 Å². The lowest BCUT2D eigenvalue weighted by Crippen LogP contribution is -1.92. The van der Waals surface area contributed by atoms with Gasteiger partial charge in [-0.2, -0.15) is 0 Å². The Morgan fingerprint density at radius 1 is 0.425 bits per heavy atom. The second-order valence-electron chi connectivity index (χ2n) is 10.5. The fourth-order valence-electron chi connectivity index (χ4n) is 5.72. The summed E-state index contributed by atoms with van der Waals surface area (Å²) in [6.45, 7) is 4.34. The average Bonchev–Trinajstić information content (AvgIpc) is 3.01. The van der Waals surface area contributed by atoms with Gasteiger partial charge in [-0.3, -0.25) is 9.97 Å². The predicted octanol–water partition coefficient (Wildman–Crippen LogP) is 10.1. The number of hydrogen-bond donors (Lipinski definition) is 0. The van der Waals surface area contributed by atoms with Crippen molar-refractivity contribution in [3.8, 4) is 44.6 Å². The second kappa shape index (κ2) is 9.91. The molecule has 0 bridgehead atoms. The molecule has 0 amide bonds. The maximum Gasteiger partial charge on any atom is 0.0714 e. The summed E-state index contributed by atoms with van der Waals surface area (Å²) in [7, 11) is 0. The fraction of sp³-hybridized carbons (Fsp3) is 0.0526. The van der Waals surface area contributed by atoms with E-state index in [1.807, 2.05) is 30.6 Å². The van der Waals surface area contributed by atoms with Crippen LogP contribution >= 0.6 is 0 Å². The minimum Gasteiger partial charge on any atom is -0.256 e. The molecule has 0 spiro atoms. The molecule has 0 saturated carbocycles. The first-order valence-electron chi connectivity index (χ1n) is 13.7. The number of aryl methyl sites for hydroxylation is 2. The van der Waals surface area contributed by atoms with Crippen LogP contribution in [0.1, 0.15) is 11.1 Å². The lowest BCUT2D eigenvalue weighted by atomic mass is 9.88. The molecule has 0 aliphatic rings. The summed E-state index contributed by atoms with van der Waals surface area (Å²) in [5.41, 5.74) is 12.8. The van der Waals surface area contributed by atoms with Crippen molar-refractivity contribution in [2.24, 2.45) is 0 Å². The SMILES string of the molecule is Cc1cccc(-c2cc(-c3cc(-c4ccccn4)ccc3C)cc(-c3cc4ncccc4c4ccccc34)c2)c1. The molecule has 190 valence electrons. The smallest absolute Gasteiger partial charge is 0.0714 e. The molecule has 0 aliphatic heterocycles. The number of nitrogens with zero attached hydrogens (tertiary/aromatic N) is 2. The first kappa shape index (κ1) is 24.0. The van der Waals surface area contributed by atoms with Crippen molar-refractivity contribution in [2.75, 3.05) is 0 Å². The van der Waals surface area contributed by atoms with Crippen LogP contribution in [0.4, 0.5) is 0 Å². The van der Waals surface area contributed by atoms with Crippen LogP contribution in [-0.2, 0) is 0 Å². The van der Waals surface area contributed by atoms with Crippen molar-refractivity contribution in [1.82, 2.24) is 9.97 Å². The second-order valence-corrected chi connectivity index (χ2v) is 10.5. The summed E-state index contributed by atoms with van der Waals surface area (Å²) in [5.74, 6) is 0. The Labute approximate surface area is 234 Å². The van der Waals surface area contributed by atoms with Crippen LogP contribution in [0.2, 0.25) is 0 Å². The molecular formula is C38H28N2. The normalized spacial score (nSPS) is 11.2. The van der Waals surface area contributed by atoms with Gasteiger partial charge in [0.1, 0.15) is 0 Å². The van der Waals surface area contributed by atoms with Crippen molar-refractivity contribution in [3.05, 3.63) is 145 Å². The first-order valence-corrected chi connectivity index (χ1v) is 13.7. The van der Waals surface area contributed by atoms with Gasteiger partial charge in [0, 0.05) is 23.3 Å². The monoisotopic (exact) mass is 512 g/mol. The molecule has 7 rings (SSSR count). The van der Waals surface area contributed by atoms with Gasteiger partial charge in [0.25, 0.3) is 0 Å². The van der Waals surface area contributed by atoms with E-state index in [0.717, 1.165) is 16.8 Å². The zero-order valence-corrected chi connectivity index (χ0v) is 22.6. The molecule has 0 unspecified atom stereocenters. The van der Waals surface area contributed by atoms with Crippen LogP contribution in [0.15, 0.2) is 134 Å². The zero-order chi connectivity index (χ0) is 27.1. The van der Waals surface area contributed by atoms with Gasteiger partial charge in [0.2, 0.25) is 0 Å². The molecule has 7 aromatic rings. The number of fused-ring (bicyclic) bond motifs is 3. The average molecular weight is 513 g/mol. The van der Waals surface area contributed by atoms with Gasteiger partial charge in [-0.1, -0.05) is 78.4 Å². The summed E-state index contributed by atoms with van der Waals surface area (Å²) in [6, 6.07) is 43.5. The summed E-state index contributed by atoms with van der Waals surface area (Å²) in [6.07, 6.45) is 3.73. The summed E-state index contributed by atoms with van der Waals surface area (Å²) in [5, 5.41) is 3.63. The van der Waals surface area contributed by atoms with Crippen molar-refractivity contribution < 1.29 is 0 Å². The van der Waals surface area contributed by atoms with Crippen molar-refractivity contribution in [3.63, 3.8) is 0 Å². The third-order valence-electron chi connectivity index (χ3n) is 7.73. The standard InChI is InChI=1S/C38H28N2/c1-25-9-7-10-27(19-25)29-20-30(35-23-28(16-15-26(35)2)37-14-5-6-17-39-37)22-31(21-29)36-24-38-34(13-8-18-40-38)32-11-3-4-12-33(32)36/h3-24H,1-2H3. The van der Waals surface area contributed by atoms with Crippen molar-refractivity contribution >= 4 is 21.7 Å². The van der Waals surface area contributed by atoms with E-state index in [9.17, 15) is 0 Å². The maximum atomic E-state index is 4.74. The molecule has 2 nitrogen and oxygen atoms in total. The lowest BCUT2D eigenvalue weighted by Gasteiger charge is -2.16. The largest absolute Gasteiger partial charge is 0.256 e. The van der Waals surface area contributed by atoms with Crippen LogP contribution in [-0.4, -0.2) is 9.97 Å². The zero-order valence-electron chi connectivity index (χ0n) is 22.6. The van der Waals surface area contributed by atoms with Crippen LogP contribution < -0.4 is 0 Å². The molecule has 0 saturated heterocycles. The molecule has 2 aromatic heterocycles. The van der Waals surface area contributed by atoms with Crippen LogP contribution in [0.25, 0.3) is 66.3 Å². The third-order valence-corrected chi connectivity index (χ3v) is 7.73. The van der Waals surface area contributed by atoms with E-state index in [1.165, 1.54) is 60.7 Å². The summed E-state index contributed by atoms with van der Waals surface area (Å²) < 4.78 is 0. The van der Waals surface area contributed by atoms with Crippen LogP contribution in [0.3, 0.4) is 0 Å². The lowest BCUT2D eigenvalue weighted by molar-refractivity contribution is 1.32. The molecule has 2 heteroatoms. The van der Waals surface area contributed by atoms with E-state index in [2.05, 4.69) is 122 Å². The Morgan fingerprint density at radius 2 is 1.18 bits per heavy atom. The molecule has 5 aromatic carbocycles. The number of hydrogen-bond acceptors (Lipinski definition) is 2. The van der Waals surface area contributed by atoms with Crippen molar-refractivity contribution in [1.29, 1.82) is 0 Å². The van der Waals surface area contributed by atoms with E-state index in [1.54, 1.807) is 0 Å².